The van der Waals surface area contributed by atoms with Gasteiger partial charge in [0.05, 0.1) is 34.7 Å². The molecule has 9 nitrogen and oxygen atoms in total. The minimum absolute atomic E-state index is 0.0644. The van der Waals surface area contributed by atoms with Crippen molar-refractivity contribution in [2.75, 3.05) is 11.4 Å². The highest BCUT2D eigenvalue weighted by molar-refractivity contribution is 5.85. The van der Waals surface area contributed by atoms with E-state index in [2.05, 4.69) is 15.9 Å². The Bertz CT molecular complexity index is 1380. The van der Waals surface area contributed by atoms with Crippen molar-refractivity contribution in [2.24, 2.45) is 5.41 Å². The zero-order valence-corrected chi connectivity index (χ0v) is 20.5. The second-order valence-corrected chi connectivity index (χ2v) is 9.27. The molecule has 0 aliphatic heterocycles. The van der Waals surface area contributed by atoms with E-state index in [4.69, 9.17) is 16.3 Å². The largest absolute Gasteiger partial charge is 0.477 e. The highest BCUT2D eigenvalue weighted by atomic mass is 16.5. The first-order chi connectivity index (χ1) is 16.4. The van der Waals surface area contributed by atoms with E-state index in [1.54, 1.807) is 39.8 Å². The molecular formula is C26H28N4O5. The van der Waals surface area contributed by atoms with Gasteiger partial charge in [0.15, 0.2) is 6.73 Å². The second-order valence-electron chi connectivity index (χ2n) is 9.27. The molecular weight excluding hydrogens is 448 g/mol. The number of carboxylic acids is 1. The number of benzene rings is 1. The number of pyridine rings is 1. The van der Waals surface area contributed by atoms with Gasteiger partial charge in [-0.3, -0.25) is 14.2 Å². The number of anilines is 1. The Morgan fingerprint density at radius 2 is 1.94 bits per heavy atom. The molecule has 3 aromatic rings. The van der Waals surface area contributed by atoms with Gasteiger partial charge in [0.1, 0.15) is 11.5 Å². The smallest absolute Gasteiger partial charge is 0.354 e. The normalized spacial score (nSPS) is 11.2. The molecule has 0 spiro atoms. The van der Waals surface area contributed by atoms with E-state index in [-0.39, 0.29) is 24.5 Å². The SMILES string of the molecule is C#CCN(Cc1cc2c(=O)n(COC(=O)C(C)(C)C)c(C)nc2cc1C)c1ccc(C(=O)O)nc1. The van der Waals surface area contributed by atoms with Crippen molar-refractivity contribution in [1.82, 2.24) is 14.5 Å². The summed E-state index contributed by atoms with van der Waals surface area (Å²) >= 11 is 0. The molecule has 0 bridgehead atoms. The molecule has 0 saturated heterocycles. The van der Waals surface area contributed by atoms with Gasteiger partial charge < -0.3 is 14.7 Å². The summed E-state index contributed by atoms with van der Waals surface area (Å²) in [5.41, 5.74) is 1.89. The monoisotopic (exact) mass is 476 g/mol. The summed E-state index contributed by atoms with van der Waals surface area (Å²) in [5, 5.41) is 9.48. The number of carboxylic acid groups (broad SMARTS) is 1. The van der Waals surface area contributed by atoms with Crippen LogP contribution in [0.2, 0.25) is 0 Å². The predicted molar refractivity (Wildman–Crippen MR) is 132 cm³/mol. The number of rotatable bonds is 7. The first-order valence-corrected chi connectivity index (χ1v) is 11.0. The second kappa shape index (κ2) is 9.97. The highest BCUT2D eigenvalue weighted by Crippen LogP contribution is 2.22. The number of aryl methyl sites for hydroxylation is 2. The van der Waals surface area contributed by atoms with E-state index in [0.29, 0.717) is 29.0 Å². The van der Waals surface area contributed by atoms with E-state index >= 15 is 0 Å². The third-order valence-electron chi connectivity index (χ3n) is 5.52. The maximum absolute atomic E-state index is 13.3. The van der Waals surface area contributed by atoms with Gasteiger partial charge in [0, 0.05) is 6.54 Å². The van der Waals surface area contributed by atoms with Gasteiger partial charge in [-0.2, -0.15) is 0 Å². The lowest BCUT2D eigenvalue weighted by atomic mass is 9.98. The van der Waals surface area contributed by atoms with Crippen LogP contribution < -0.4 is 10.5 Å². The number of fused-ring (bicyclic) bond motifs is 1. The van der Waals surface area contributed by atoms with Gasteiger partial charge in [-0.05, 0) is 70.0 Å². The number of ether oxygens (including phenoxy) is 1. The molecule has 0 fully saturated rings. The molecule has 0 atom stereocenters. The summed E-state index contributed by atoms with van der Waals surface area (Å²) in [4.78, 5) is 46.9. The maximum atomic E-state index is 13.3. The molecule has 0 saturated carbocycles. The van der Waals surface area contributed by atoms with Crippen LogP contribution >= 0.6 is 0 Å². The Morgan fingerprint density at radius 1 is 1.23 bits per heavy atom. The average Bonchev–Trinajstić information content (AvgIpc) is 2.78. The van der Waals surface area contributed by atoms with E-state index in [1.807, 2.05) is 17.9 Å². The molecule has 0 unspecified atom stereocenters. The van der Waals surface area contributed by atoms with E-state index in [9.17, 15) is 14.4 Å². The number of hydrogen-bond acceptors (Lipinski definition) is 7. The van der Waals surface area contributed by atoms with Crippen LogP contribution in [0.5, 0.6) is 0 Å². The third-order valence-corrected chi connectivity index (χ3v) is 5.52. The molecule has 9 heteroatoms. The predicted octanol–water partition coefficient (Wildman–Crippen LogP) is 3.29. The van der Waals surface area contributed by atoms with Crippen LogP contribution in [0.15, 0.2) is 35.3 Å². The zero-order valence-electron chi connectivity index (χ0n) is 20.5. The van der Waals surface area contributed by atoms with Crippen LogP contribution in [0.1, 0.15) is 48.2 Å². The Kier molecular flexibility index (Phi) is 7.25. The Morgan fingerprint density at radius 3 is 2.51 bits per heavy atom. The molecule has 1 N–H and O–H groups in total. The fourth-order valence-electron chi connectivity index (χ4n) is 3.44. The maximum Gasteiger partial charge on any atom is 0.354 e. The van der Waals surface area contributed by atoms with Crippen molar-refractivity contribution < 1.29 is 19.4 Å². The summed E-state index contributed by atoms with van der Waals surface area (Å²) in [5.74, 6) is 1.51. The lowest BCUT2D eigenvalue weighted by Crippen LogP contribution is -2.30. The van der Waals surface area contributed by atoms with Crippen LogP contribution in [0.25, 0.3) is 10.9 Å². The molecule has 2 heterocycles. The standard InChI is InChI=1S/C26H28N4O5/c1-7-10-29(19-8-9-21(24(32)33)27-13-19)14-18-12-20-22(11-16(18)2)28-17(3)30(23(20)31)15-35-25(34)26(4,5)6/h1,8-9,11-13H,10,14-15H2,2-6H3,(H,32,33). The quantitative estimate of drug-likeness (QED) is 0.408. The summed E-state index contributed by atoms with van der Waals surface area (Å²) in [6.45, 7) is 9.23. The summed E-state index contributed by atoms with van der Waals surface area (Å²) in [6.07, 6.45) is 7.02. The average molecular weight is 477 g/mol. The highest BCUT2D eigenvalue weighted by Gasteiger charge is 2.23. The fraction of sp³-hybridized carbons (Fsp3) is 0.346. The van der Waals surface area contributed by atoms with Gasteiger partial charge >= 0.3 is 11.9 Å². The van der Waals surface area contributed by atoms with Crippen LogP contribution in [0.4, 0.5) is 5.69 Å². The van der Waals surface area contributed by atoms with E-state index < -0.39 is 17.4 Å². The van der Waals surface area contributed by atoms with Gasteiger partial charge in [0.2, 0.25) is 0 Å². The molecule has 35 heavy (non-hydrogen) atoms. The molecule has 0 amide bonds. The molecule has 0 aliphatic carbocycles. The Hall–Kier alpha value is -4.19. The fourth-order valence-corrected chi connectivity index (χ4v) is 3.44. The number of hydrogen-bond donors (Lipinski definition) is 1. The number of terminal acetylenes is 1. The van der Waals surface area contributed by atoms with E-state index in [1.165, 1.54) is 16.8 Å². The van der Waals surface area contributed by atoms with Crippen molar-refractivity contribution in [3.05, 3.63) is 63.5 Å². The molecule has 0 aliphatic rings. The van der Waals surface area contributed by atoms with Gasteiger partial charge in [0.25, 0.3) is 5.56 Å². The van der Waals surface area contributed by atoms with Gasteiger partial charge in [-0.1, -0.05) is 5.92 Å². The molecule has 2 aromatic heterocycles. The van der Waals surface area contributed by atoms with Gasteiger partial charge in [-0.15, -0.1) is 6.42 Å². The minimum atomic E-state index is -1.11. The van der Waals surface area contributed by atoms with Crippen molar-refractivity contribution in [1.29, 1.82) is 0 Å². The first-order valence-electron chi connectivity index (χ1n) is 11.0. The summed E-state index contributed by atoms with van der Waals surface area (Å²) < 4.78 is 6.67. The first kappa shape index (κ1) is 25.4. The number of nitrogens with zero attached hydrogens (tertiary/aromatic N) is 4. The third kappa shape index (κ3) is 5.66. The van der Waals surface area contributed by atoms with Crippen molar-refractivity contribution >= 4 is 28.5 Å². The van der Waals surface area contributed by atoms with Crippen LogP contribution in [0.3, 0.4) is 0 Å². The number of aromatic carboxylic acids is 1. The molecule has 3 rings (SSSR count). The van der Waals surface area contributed by atoms with Gasteiger partial charge in [-0.25, -0.2) is 14.8 Å². The van der Waals surface area contributed by atoms with E-state index in [0.717, 1.165) is 11.1 Å². The topological polar surface area (TPSA) is 115 Å². The van der Waals surface area contributed by atoms with Crippen molar-refractivity contribution in [3.8, 4) is 12.3 Å². The molecule has 182 valence electrons. The van der Waals surface area contributed by atoms with Crippen LogP contribution in [-0.4, -0.2) is 38.1 Å². The lowest BCUT2D eigenvalue weighted by molar-refractivity contribution is -0.157. The number of esters is 1. The number of aromatic nitrogens is 3. The minimum Gasteiger partial charge on any atom is -0.477 e. The number of carbonyl (C=O) groups is 2. The van der Waals surface area contributed by atoms with Crippen LogP contribution in [0, 0.1) is 31.6 Å². The summed E-state index contributed by atoms with van der Waals surface area (Å²) in [7, 11) is 0. The lowest BCUT2D eigenvalue weighted by Gasteiger charge is -2.23. The Balaban J connectivity index is 1.98. The Labute approximate surface area is 203 Å². The molecule has 0 radical (unpaired) electrons. The van der Waals surface area contributed by atoms with Crippen molar-refractivity contribution in [3.63, 3.8) is 0 Å². The van der Waals surface area contributed by atoms with Crippen molar-refractivity contribution in [2.45, 2.75) is 47.9 Å². The van der Waals surface area contributed by atoms with Crippen LogP contribution in [-0.2, 0) is 22.8 Å². The number of carbonyl (C=O) groups excluding carboxylic acids is 1. The molecule has 1 aromatic carbocycles. The summed E-state index contributed by atoms with van der Waals surface area (Å²) in [6, 6.07) is 6.67. The zero-order chi connectivity index (χ0) is 25.9.